The molecule has 0 amide bonds. The molecule has 2 aromatic heterocycles. The third-order valence-corrected chi connectivity index (χ3v) is 1.12. The average Bonchev–Trinajstić information content (AvgIpc) is 3.03. The van der Waals surface area contributed by atoms with Gasteiger partial charge in [-0.2, -0.15) is 5.21 Å². The fourth-order valence-electron chi connectivity index (χ4n) is 0.672. The molecular formula is C2H10N12O5. The molecule has 0 radical (unpaired) electrons. The average molecular weight is 282 g/mol. The molecule has 0 atom stereocenters. The van der Waals surface area contributed by atoms with Crippen LogP contribution in [0.2, 0.25) is 0 Å². The molecule has 0 bridgehead atoms. The molecule has 2 aromatic rings. The lowest BCUT2D eigenvalue weighted by molar-refractivity contribution is -0.670. The normalized spacial score (nSPS) is 8.00. The van der Waals surface area contributed by atoms with Crippen LogP contribution in [0.15, 0.2) is 0 Å². The summed E-state index contributed by atoms with van der Waals surface area (Å²) in [6.07, 6.45) is 0. The van der Waals surface area contributed by atoms with Gasteiger partial charge in [-0.15, -0.1) is 10.4 Å². The predicted molar refractivity (Wildman–Crippen MR) is 48.8 cm³/mol. The summed E-state index contributed by atoms with van der Waals surface area (Å²) in [6, 6.07) is 0. The molecule has 0 aliphatic rings. The molecule has 0 unspecified atom stereocenters. The van der Waals surface area contributed by atoms with Gasteiger partial charge in [0.05, 0.1) is 0 Å². The van der Waals surface area contributed by atoms with Crippen molar-refractivity contribution in [2.45, 2.75) is 0 Å². The van der Waals surface area contributed by atoms with Gasteiger partial charge in [0.25, 0.3) is 0 Å². The summed E-state index contributed by atoms with van der Waals surface area (Å²) < 4.78 is 0.836. The Morgan fingerprint density at radius 1 is 1.26 bits per heavy atom. The molecule has 2 rings (SSSR count). The molecule has 108 valence electrons. The van der Waals surface area contributed by atoms with E-state index in [-0.39, 0.29) is 17.4 Å². The molecule has 2 heterocycles. The Kier molecular flexibility index (Phi) is 10.0. The number of tetrazole rings is 2. The van der Waals surface area contributed by atoms with E-state index in [4.69, 9.17) is 10.4 Å². The van der Waals surface area contributed by atoms with Gasteiger partial charge in [-0.1, -0.05) is 10.6 Å². The number of hydrogen-bond acceptors (Lipinski definition) is 10. The van der Waals surface area contributed by atoms with Gasteiger partial charge in [-0.3, -0.25) is 5.10 Å². The van der Waals surface area contributed by atoms with Crippen LogP contribution in [0.25, 0.3) is 11.4 Å². The highest BCUT2D eigenvalue weighted by Gasteiger charge is 2.04. The summed E-state index contributed by atoms with van der Waals surface area (Å²) in [5, 5.41) is 45.5. The molecule has 10 N–H and O–H groups in total. The fraction of sp³-hybridized carbons (Fsp3) is 0. The van der Waals surface area contributed by atoms with E-state index >= 15 is 0 Å². The van der Waals surface area contributed by atoms with Crippen LogP contribution >= 0.6 is 0 Å². The molecule has 17 nitrogen and oxygen atoms in total. The second-order valence-corrected chi connectivity index (χ2v) is 1.91. The lowest BCUT2D eigenvalue weighted by Crippen LogP contribution is -2.42. The van der Waals surface area contributed by atoms with Crippen molar-refractivity contribution in [3.8, 4) is 5.95 Å². The van der Waals surface area contributed by atoms with Crippen molar-refractivity contribution in [3.63, 3.8) is 0 Å². The van der Waals surface area contributed by atoms with E-state index in [2.05, 4.69) is 53.4 Å². The van der Waals surface area contributed by atoms with Gasteiger partial charge in [0.1, 0.15) is 16.9 Å². The molecule has 19 heavy (non-hydrogen) atoms. The standard InChI is InChI=1S/C2N10O2.2H4NO.H2O/c13-12(14)6-2-5-9-10-11(2)1-3-7-8-4-1;2*1-2;/h;2*2H,1H3;1H2/q-2;2*+1;. The predicted octanol–water partition coefficient (Wildman–Crippen LogP) is -5.59. The van der Waals surface area contributed by atoms with Gasteiger partial charge in [0.15, 0.2) is 0 Å². The summed E-state index contributed by atoms with van der Waals surface area (Å²) in [5.41, 5.74) is 2.89. The minimum absolute atomic E-state index is 0. The van der Waals surface area contributed by atoms with E-state index in [0.717, 1.165) is 4.68 Å². The number of hydrogen-bond donors (Lipinski definition) is 4. The molecule has 0 saturated carbocycles. The van der Waals surface area contributed by atoms with Crippen molar-refractivity contribution in [3.05, 3.63) is 15.5 Å². The third kappa shape index (κ3) is 5.33. The topological polar surface area (TPSA) is 281 Å². The highest BCUT2D eigenvalue weighted by atomic mass is 16.7. The van der Waals surface area contributed by atoms with Crippen molar-refractivity contribution >= 4 is 5.95 Å². The summed E-state index contributed by atoms with van der Waals surface area (Å²) in [6.45, 7) is 0. The Hall–Kier alpha value is -2.86. The number of nitrogens with zero attached hydrogens (tertiary/aromatic N) is 10. The van der Waals surface area contributed by atoms with Crippen LogP contribution in [0, 0.1) is 10.1 Å². The summed E-state index contributed by atoms with van der Waals surface area (Å²) in [7, 11) is 0. The molecule has 17 heteroatoms. The maximum atomic E-state index is 10.0. The smallest absolute Gasteiger partial charge is 0.148 e. The van der Waals surface area contributed by atoms with Crippen LogP contribution in [-0.4, -0.2) is 56.7 Å². The van der Waals surface area contributed by atoms with Crippen LogP contribution in [0.4, 0.5) is 5.95 Å². The van der Waals surface area contributed by atoms with Crippen molar-refractivity contribution < 1.29 is 32.7 Å². The second kappa shape index (κ2) is 10.3. The van der Waals surface area contributed by atoms with Gasteiger partial charge in [0, 0.05) is 0 Å². The molecule has 0 aliphatic carbocycles. The second-order valence-electron chi connectivity index (χ2n) is 1.91. The summed E-state index contributed by atoms with van der Waals surface area (Å²) in [5.74, 6) is 4.06. The Morgan fingerprint density at radius 3 is 2.37 bits per heavy atom. The minimum Gasteiger partial charge on any atom is -0.412 e. The zero-order chi connectivity index (χ0) is 14.0. The SMILES string of the molecule is O.O=[N+]([O-])[N-]c1nnnn1-c1nnn[n-]1.[NH3+]O.[NH3+]O. The molecular weight excluding hydrogens is 272 g/mol. The Morgan fingerprint density at radius 2 is 1.89 bits per heavy atom. The lowest BCUT2D eigenvalue weighted by Gasteiger charge is -2.03. The van der Waals surface area contributed by atoms with E-state index in [9.17, 15) is 10.1 Å². The van der Waals surface area contributed by atoms with Crippen LogP contribution in [0.1, 0.15) is 0 Å². The molecule has 0 spiro atoms. The van der Waals surface area contributed by atoms with Crippen molar-refractivity contribution in [1.29, 1.82) is 0 Å². The maximum absolute atomic E-state index is 10.0. The lowest BCUT2D eigenvalue weighted by atomic mass is 10.9. The molecule has 0 aliphatic heterocycles. The van der Waals surface area contributed by atoms with Gasteiger partial charge in [0.2, 0.25) is 0 Å². The zero-order valence-corrected chi connectivity index (χ0v) is 9.10. The highest BCUT2D eigenvalue weighted by Crippen LogP contribution is 2.13. The first kappa shape index (κ1) is 18.5. The van der Waals surface area contributed by atoms with Gasteiger partial charge in [-0.05, 0) is 0 Å². The molecule has 0 fully saturated rings. The zero-order valence-electron chi connectivity index (χ0n) is 9.10. The number of quaternary nitrogens is 2. The first-order valence-electron chi connectivity index (χ1n) is 3.74. The number of rotatable bonds is 3. The van der Waals surface area contributed by atoms with E-state index < -0.39 is 5.03 Å². The monoisotopic (exact) mass is 282 g/mol. The summed E-state index contributed by atoms with van der Waals surface area (Å²) in [4.78, 5) is 10.0. The molecule has 0 aromatic carbocycles. The largest absolute Gasteiger partial charge is 0.412 e. The van der Waals surface area contributed by atoms with Gasteiger partial charge in [-0.25, -0.2) is 47.2 Å². The van der Waals surface area contributed by atoms with Crippen molar-refractivity contribution in [2.75, 3.05) is 0 Å². The third-order valence-electron chi connectivity index (χ3n) is 1.12. The quantitative estimate of drug-likeness (QED) is 0.303. The van der Waals surface area contributed by atoms with E-state index in [1.54, 1.807) is 0 Å². The van der Waals surface area contributed by atoms with Crippen molar-refractivity contribution in [1.82, 2.24) is 40.8 Å². The Bertz CT molecular complexity index is 437. The number of aromatic nitrogens is 8. The first-order valence-corrected chi connectivity index (χ1v) is 3.74. The van der Waals surface area contributed by atoms with Crippen LogP contribution < -0.4 is 16.9 Å². The Labute approximate surface area is 102 Å². The highest BCUT2D eigenvalue weighted by molar-refractivity contribution is 5.29. The fourth-order valence-corrected chi connectivity index (χ4v) is 0.672. The van der Waals surface area contributed by atoms with Crippen LogP contribution in [-0.2, 0) is 0 Å². The van der Waals surface area contributed by atoms with Gasteiger partial charge >= 0.3 is 0 Å². The van der Waals surface area contributed by atoms with Crippen LogP contribution in [0.3, 0.4) is 0 Å². The van der Waals surface area contributed by atoms with Gasteiger partial charge < -0.3 is 5.48 Å². The van der Waals surface area contributed by atoms with Crippen molar-refractivity contribution in [2.24, 2.45) is 0 Å². The van der Waals surface area contributed by atoms with E-state index in [1.165, 1.54) is 0 Å². The van der Waals surface area contributed by atoms with Crippen LogP contribution in [0.5, 0.6) is 0 Å². The molecule has 0 saturated heterocycles. The first-order chi connectivity index (χ1) is 8.77. The minimum atomic E-state index is -0.939. The maximum Gasteiger partial charge on any atom is 0.148 e. The summed E-state index contributed by atoms with van der Waals surface area (Å²) >= 11 is 0. The number of nitro groups is 1. The Balaban J connectivity index is 0. The van der Waals surface area contributed by atoms with E-state index in [1.807, 2.05) is 0 Å². The van der Waals surface area contributed by atoms with E-state index in [0.29, 0.717) is 0 Å².